The van der Waals surface area contributed by atoms with Gasteiger partial charge in [0.25, 0.3) is 0 Å². The molecule has 1 amide bonds. The number of hydrogen-bond donors (Lipinski definition) is 1. The predicted molar refractivity (Wildman–Crippen MR) is 117 cm³/mol. The van der Waals surface area contributed by atoms with Gasteiger partial charge in [-0.25, -0.2) is 0 Å². The first-order valence-electron chi connectivity index (χ1n) is 9.86. The lowest BCUT2D eigenvalue weighted by Crippen LogP contribution is -2.41. The van der Waals surface area contributed by atoms with Crippen molar-refractivity contribution in [1.82, 2.24) is 15.0 Å². The van der Waals surface area contributed by atoms with Gasteiger partial charge in [0, 0.05) is 21.7 Å². The maximum atomic E-state index is 13.3. The summed E-state index contributed by atoms with van der Waals surface area (Å²) in [6.07, 6.45) is 1.70. The van der Waals surface area contributed by atoms with Crippen LogP contribution in [0.5, 0.6) is 0 Å². The molecule has 2 aromatic carbocycles. The Labute approximate surface area is 185 Å². The van der Waals surface area contributed by atoms with Crippen LogP contribution in [0.2, 0.25) is 10.0 Å². The zero-order valence-electron chi connectivity index (χ0n) is 16.5. The largest absolute Gasteiger partial charge is 0.339 e. The van der Waals surface area contributed by atoms with Crippen LogP contribution in [0.25, 0.3) is 0 Å². The van der Waals surface area contributed by atoms with Crippen molar-refractivity contribution in [2.24, 2.45) is 0 Å². The molecule has 1 fully saturated rings. The van der Waals surface area contributed by atoms with E-state index >= 15 is 0 Å². The second-order valence-electron chi connectivity index (χ2n) is 7.45. The zero-order valence-corrected chi connectivity index (χ0v) is 18.0. The van der Waals surface area contributed by atoms with Gasteiger partial charge in [-0.05, 0) is 56.6 Å². The Hall–Kier alpha value is -2.41. The highest BCUT2D eigenvalue weighted by molar-refractivity contribution is 6.35. The van der Waals surface area contributed by atoms with Crippen molar-refractivity contribution in [2.45, 2.75) is 31.7 Å². The average Bonchev–Trinajstić information content (AvgIpc) is 3.15. The number of aromatic nitrogens is 2. The van der Waals surface area contributed by atoms with E-state index in [-0.39, 0.29) is 11.8 Å². The van der Waals surface area contributed by atoms with Gasteiger partial charge < -0.3 is 9.84 Å². The number of nitrogens with zero attached hydrogens (tertiary/aromatic N) is 3. The Morgan fingerprint density at radius 2 is 1.80 bits per heavy atom. The summed E-state index contributed by atoms with van der Waals surface area (Å²) in [6, 6.07) is 14.4. The molecular weight excluding hydrogens is 423 g/mol. The summed E-state index contributed by atoms with van der Waals surface area (Å²) in [4.78, 5) is 19.9. The molecule has 1 N–H and O–H groups in total. The number of amides is 1. The van der Waals surface area contributed by atoms with Crippen LogP contribution in [0.4, 0.5) is 5.69 Å². The minimum Gasteiger partial charge on any atom is -0.339 e. The molecule has 30 heavy (non-hydrogen) atoms. The number of rotatable bonds is 5. The quantitative estimate of drug-likeness (QED) is 0.581. The fourth-order valence-corrected chi connectivity index (χ4v) is 4.41. The number of carbonyl (C=O) groups excluding carboxylic acids is 1. The Kier molecular flexibility index (Phi) is 6.37. The van der Waals surface area contributed by atoms with Gasteiger partial charge in [0.05, 0.1) is 0 Å². The number of hydrogen-bond acceptors (Lipinski definition) is 5. The van der Waals surface area contributed by atoms with Crippen molar-refractivity contribution in [3.63, 3.8) is 0 Å². The molecule has 6 nitrogen and oxygen atoms in total. The highest BCUT2D eigenvalue weighted by atomic mass is 35.5. The molecule has 3 aromatic rings. The summed E-state index contributed by atoms with van der Waals surface area (Å²) in [6.45, 7) is 3.31. The third-order valence-electron chi connectivity index (χ3n) is 5.28. The molecule has 8 heteroatoms. The van der Waals surface area contributed by atoms with Gasteiger partial charge in [0.1, 0.15) is 6.04 Å². The Bertz CT molecular complexity index is 997. The van der Waals surface area contributed by atoms with Crippen LogP contribution in [-0.2, 0) is 4.79 Å². The molecule has 4 rings (SSSR count). The van der Waals surface area contributed by atoms with Crippen molar-refractivity contribution < 1.29 is 9.32 Å². The summed E-state index contributed by atoms with van der Waals surface area (Å²) in [5.74, 6) is 1.43. The minimum absolute atomic E-state index is 0.119. The lowest BCUT2D eigenvalue weighted by atomic mass is 9.93. The first-order valence-corrected chi connectivity index (χ1v) is 10.6. The molecule has 0 unspecified atom stereocenters. The van der Waals surface area contributed by atoms with Crippen LogP contribution in [-0.4, -0.2) is 34.0 Å². The van der Waals surface area contributed by atoms with Crippen LogP contribution in [0.1, 0.15) is 42.1 Å². The predicted octanol–water partition coefficient (Wildman–Crippen LogP) is 5.24. The standard InChI is InChI=1S/C22H22Cl2N4O2/c1-14-25-22(30-27-14)16-7-9-28(10-8-16)20(15-5-3-2-4-6-15)21(29)26-19-12-17(23)11-18(24)13-19/h2-6,11-13,16,20H,7-10H2,1H3,(H,26,29)/t20-/m1/s1. The molecule has 1 aliphatic rings. The molecule has 156 valence electrons. The molecule has 0 aliphatic carbocycles. The molecule has 1 aliphatic heterocycles. The van der Waals surface area contributed by atoms with Crippen molar-refractivity contribution in [2.75, 3.05) is 18.4 Å². The van der Waals surface area contributed by atoms with Crippen LogP contribution in [0.15, 0.2) is 53.1 Å². The number of halogens is 2. The van der Waals surface area contributed by atoms with E-state index in [0.29, 0.717) is 27.4 Å². The summed E-state index contributed by atoms with van der Waals surface area (Å²) in [7, 11) is 0. The maximum Gasteiger partial charge on any atom is 0.246 e. The number of anilines is 1. The molecule has 0 bridgehead atoms. The summed E-state index contributed by atoms with van der Waals surface area (Å²) < 4.78 is 5.35. The van der Waals surface area contributed by atoms with E-state index in [1.54, 1.807) is 18.2 Å². The minimum atomic E-state index is -0.422. The first-order chi connectivity index (χ1) is 14.5. The molecule has 1 saturated heterocycles. The number of carbonyl (C=O) groups is 1. The zero-order chi connectivity index (χ0) is 21.1. The van der Waals surface area contributed by atoms with Gasteiger partial charge in [-0.2, -0.15) is 4.98 Å². The van der Waals surface area contributed by atoms with E-state index in [0.717, 1.165) is 31.5 Å². The van der Waals surface area contributed by atoms with Gasteiger partial charge in [-0.3, -0.25) is 9.69 Å². The van der Waals surface area contributed by atoms with Crippen LogP contribution in [0.3, 0.4) is 0 Å². The van der Waals surface area contributed by atoms with Crippen LogP contribution >= 0.6 is 23.2 Å². The average molecular weight is 445 g/mol. The Morgan fingerprint density at radius 1 is 1.13 bits per heavy atom. The van der Waals surface area contributed by atoms with Crippen LogP contribution < -0.4 is 5.32 Å². The first kappa shape index (κ1) is 20.8. The van der Waals surface area contributed by atoms with E-state index < -0.39 is 6.04 Å². The molecular formula is C22H22Cl2N4O2. The third kappa shape index (κ3) is 4.83. The fraction of sp³-hybridized carbons (Fsp3) is 0.318. The van der Waals surface area contributed by atoms with E-state index in [2.05, 4.69) is 20.4 Å². The molecule has 0 saturated carbocycles. The van der Waals surface area contributed by atoms with Gasteiger partial charge in [-0.1, -0.05) is 58.7 Å². The highest BCUT2D eigenvalue weighted by Crippen LogP contribution is 2.33. The van der Waals surface area contributed by atoms with E-state index in [1.165, 1.54) is 0 Å². The monoisotopic (exact) mass is 444 g/mol. The Morgan fingerprint density at radius 3 is 2.40 bits per heavy atom. The van der Waals surface area contributed by atoms with Gasteiger partial charge in [0.15, 0.2) is 5.82 Å². The number of benzene rings is 2. The van der Waals surface area contributed by atoms with E-state index in [1.807, 2.05) is 37.3 Å². The van der Waals surface area contributed by atoms with Crippen molar-refractivity contribution in [3.8, 4) is 0 Å². The normalized spacial score (nSPS) is 16.4. The molecule has 2 heterocycles. The highest BCUT2D eigenvalue weighted by Gasteiger charge is 2.33. The lowest BCUT2D eigenvalue weighted by molar-refractivity contribution is -0.122. The van der Waals surface area contributed by atoms with Gasteiger partial charge in [-0.15, -0.1) is 0 Å². The smallest absolute Gasteiger partial charge is 0.246 e. The van der Waals surface area contributed by atoms with E-state index in [4.69, 9.17) is 27.7 Å². The van der Waals surface area contributed by atoms with Crippen LogP contribution in [0, 0.1) is 6.92 Å². The van der Waals surface area contributed by atoms with Gasteiger partial charge >= 0.3 is 0 Å². The number of piperidine rings is 1. The second-order valence-corrected chi connectivity index (χ2v) is 8.32. The van der Waals surface area contributed by atoms with Gasteiger partial charge in [0.2, 0.25) is 11.8 Å². The molecule has 1 aromatic heterocycles. The van der Waals surface area contributed by atoms with Crippen molar-refractivity contribution in [3.05, 3.63) is 75.9 Å². The second kappa shape index (κ2) is 9.16. The number of likely N-dealkylation sites (tertiary alicyclic amines) is 1. The maximum absolute atomic E-state index is 13.3. The molecule has 0 spiro atoms. The summed E-state index contributed by atoms with van der Waals surface area (Å²) in [5.41, 5.74) is 1.52. The summed E-state index contributed by atoms with van der Waals surface area (Å²) >= 11 is 12.2. The summed E-state index contributed by atoms with van der Waals surface area (Å²) in [5, 5.41) is 7.83. The Balaban J connectivity index is 1.52. The lowest BCUT2D eigenvalue weighted by Gasteiger charge is -2.36. The van der Waals surface area contributed by atoms with Crippen molar-refractivity contribution >= 4 is 34.8 Å². The third-order valence-corrected chi connectivity index (χ3v) is 5.72. The topological polar surface area (TPSA) is 71.3 Å². The van der Waals surface area contributed by atoms with Crippen molar-refractivity contribution in [1.29, 1.82) is 0 Å². The number of aryl methyl sites for hydroxylation is 1. The fourth-order valence-electron chi connectivity index (χ4n) is 3.88. The number of nitrogens with one attached hydrogen (secondary N) is 1. The molecule has 0 radical (unpaired) electrons. The van der Waals surface area contributed by atoms with E-state index in [9.17, 15) is 4.79 Å². The molecule has 1 atom stereocenters. The SMILES string of the molecule is Cc1noc(C2CCN([C@@H](C(=O)Nc3cc(Cl)cc(Cl)c3)c3ccccc3)CC2)n1.